The van der Waals surface area contributed by atoms with E-state index in [9.17, 15) is 5.26 Å². The average molecular weight is 239 g/mol. The van der Waals surface area contributed by atoms with Crippen molar-refractivity contribution in [2.75, 3.05) is 11.9 Å². The van der Waals surface area contributed by atoms with Gasteiger partial charge in [0.15, 0.2) is 0 Å². The third kappa shape index (κ3) is 2.78. The smallest absolute Gasteiger partial charge is 0.128 e. The summed E-state index contributed by atoms with van der Waals surface area (Å²) in [5, 5.41) is 13.4. The molecule has 0 bridgehead atoms. The zero-order valence-electron chi connectivity index (χ0n) is 11.0. The minimum absolute atomic E-state index is 0.181. The van der Waals surface area contributed by atoms with Crippen LogP contribution in [0.2, 0.25) is 0 Å². The van der Waals surface area contributed by atoms with E-state index < -0.39 is 0 Å². The van der Waals surface area contributed by atoms with Crippen LogP contribution in [0.4, 0.5) is 5.82 Å². The normalized spacial score (nSPS) is 11.2. The highest BCUT2D eigenvalue weighted by molar-refractivity contribution is 5.86. The maximum Gasteiger partial charge on any atom is 0.128 e. The molecule has 0 spiro atoms. The first kappa shape index (κ1) is 12.4. The minimum Gasteiger partial charge on any atom is -0.369 e. The Bertz CT molecular complexity index is 603. The van der Waals surface area contributed by atoms with Crippen LogP contribution in [0, 0.1) is 16.7 Å². The average Bonchev–Trinajstić information content (AvgIpc) is 2.34. The number of anilines is 1. The van der Waals surface area contributed by atoms with Gasteiger partial charge in [0.2, 0.25) is 0 Å². The number of fused-ring (bicyclic) bond motifs is 1. The Morgan fingerprint density at radius 2 is 2.00 bits per heavy atom. The molecule has 1 N–H and O–H groups in total. The molecule has 0 amide bonds. The van der Waals surface area contributed by atoms with Gasteiger partial charge in [-0.3, -0.25) is 0 Å². The molecule has 0 unspecified atom stereocenters. The molecule has 1 heterocycles. The van der Waals surface area contributed by atoms with Gasteiger partial charge in [0.1, 0.15) is 5.82 Å². The Morgan fingerprint density at radius 3 is 2.67 bits per heavy atom. The monoisotopic (exact) mass is 239 g/mol. The van der Waals surface area contributed by atoms with Gasteiger partial charge < -0.3 is 5.32 Å². The van der Waals surface area contributed by atoms with Crippen molar-refractivity contribution in [2.45, 2.75) is 20.8 Å². The third-order valence-corrected chi connectivity index (χ3v) is 2.64. The van der Waals surface area contributed by atoms with Crippen LogP contribution >= 0.6 is 0 Å². The molecule has 1 aromatic carbocycles. The highest BCUT2D eigenvalue weighted by Crippen LogP contribution is 2.21. The molecular weight excluding hydrogens is 222 g/mol. The standard InChI is InChI=1S/C15H17N3/c1-15(2,3)10-17-14-8-11(9-16)12-6-4-5-7-13(12)18-14/h4-8H,10H2,1-3H3,(H,17,18). The fourth-order valence-corrected chi connectivity index (χ4v) is 1.71. The van der Waals surface area contributed by atoms with Crippen LogP contribution in [0.15, 0.2) is 30.3 Å². The van der Waals surface area contributed by atoms with Gasteiger partial charge in [-0.05, 0) is 17.5 Å². The summed E-state index contributed by atoms with van der Waals surface area (Å²) in [6.45, 7) is 7.30. The molecule has 0 aliphatic carbocycles. The van der Waals surface area contributed by atoms with Crippen LogP contribution in [0.3, 0.4) is 0 Å². The topological polar surface area (TPSA) is 48.7 Å². The molecule has 0 saturated carbocycles. The van der Waals surface area contributed by atoms with E-state index in [0.29, 0.717) is 5.56 Å². The number of hydrogen-bond donors (Lipinski definition) is 1. The summed E-state index contributed by atoms with van der Waals surface area (Å²) in [6, 6.07) is 11.8. The predicted octanol–water partition coefficient (Wildman–Crippen LogP) is 3.56. The Morgan fingerprint density at radius 1 is 1.28 bits per heavy atom. The van der Waals surface area contributed by atoms with Gasteiger partial charge in [-0.1, -0.05) is 39.0 Å². The molecule has 0 radical (unpaired) electrons. The Labute approximate surface area is 107 Å². The Hall–Kier alpha value is -2.08. The van der Waals surface area contributed by atoms with Crippen molar-refractivity contribution >= 4 is 16.7 Å². The molecule has 0 saturated heterocycles. The molecule has 1 aromatic heterocycles. The van der Waals surface area contributed by atoms with E-state index in [0.717, 1.165) is 23.3 Å². The molecule has 0 fully saturated rings. The lowest BCUT2D eigenvalue weighted by Crippen LogP contribution is -2.19. The van der Waals surface area contributed by atoms with Crippen molar-refractivity contribution in [1.82, 2.24) is 4.98 Å². The number of nitriles is 1. The Kier molecular flexibility index (Phi) is 3.20. The van der Waals surface area contributed by atoms with Crippen molar-refractivity contribution in [3.05, 3.63) is 35.9 Å². The Balaban J connectivity index is 2.39. The van der Waals surface area contributed by atoms with Gasteiger partial charge in [-0.25, -0.2) is 4.98 Å². The molecule has 3 nitrogen and oxygen atoms in total. The highest BCUT2D eigenvalue weighted by Gasteiger charge is 2.11. The van der Waals surface area contributed by atoms with Crippen molar-refractivity contribution in [3.8, 4) is 6.07 Å². The van der Waals surface area contributed by atoms with E-state index in [4.69, 9.17) is 0 Å². The summed E-state index contributed by atoms with van der Waals surface area (Å²) < 4.78 is 0. The molecule has 3 heteroatoms. The van der Waals surface area contributed by atoms with E-state index in [1.807, 2.05) is 30.3 Å². The van der Waals surface area contributed by atoms with Crippen LogP contribution < -0.4 is 5.32 Å². The summed E-state index contributed by atoms with van der Waals surface area (Å²) >= 11 is 0. The fourth-order valence-electron chi connectivity index (χ4n) is 1.71. The van der Waals surface area contributed by atoms with E-state index in [-0.39, 0.29) is 5.41 Å². The number of para-hydroxylation sites is 1. The first-order valence-corrected chi connectivity index (χ1v) is 6.03. The zero-order chi connectivity index (χ0) is 13.2. The number of hydrogen-bond acceptors (Lipinski definition) is 3. The van der Waals surface area contributed by atoms with Gasteiger partial charge >= 0.3 is 0 Å². The quantitative estimate of drug-likeness (QED) is 0.871. The summed E-state index contributed by atoms with van der Waals surface area (Å²) in [7, 11) is 0. The molecule has 92 valence electrons. The lowest BCUT2D eigenvalue weighted by Gasteiger charge is -2.19. The summed E-state index contributed by atoms with van der Waals surface area (Å²) in [6.07, 6.45) is 0. The molecule has 2 aromatic rings. The van der Waals surface area contributed by atoms with E-state index >= 15 is 0 Å². The first-order valence-electron chi connectivity index (χ1n) is 6.03. The van der Waals surface area contributed by atoms with Gasteiger partial charge in [0.25, 0.3) is 0 Å². The van der Waals surface area contributed by atoms with E-state index in [1.165, 1.54) is 0 Å². The maximum absolute atomic E-state index is 9.18. The van der Waals surface area contributed by atoms with E-state index in [1.54, 1.807) is 0 Å². The van der Waals surface area contributed by atoms with Crippen molar-refractivity contribution in [1.29, 1.82) is 5.26 Å². The maximum atomic E-state index is 9.18. The zero-order valence-corrected chi connectivity index (χ0v) is 11.0. The van der Waals surface area contributed by atoms with E-state index in [2.05, 4.69) is 37.1 Å². The fraction of sp³-hybridized carbons (Fsp3) is 0.333. The number of aromatic nitrogens is 1. The second-order valence-electron chi connectivity index (χ2n) is 5.60. The minimum atomic E-state index is 0.181. The SMILES string of the molecule is CC(C)(C)CNc1cc(C#N)c2ccccc2n1. The number of pyridine rings is 1. The lowest BCUT2D eigenvalue weighted by molar-refractivity contribution is 0.442. The molecule has 0 aliphatic heterocycles. The number of nitrogens with zero attached hydrogens (tertiary/aromatic N) is 2. The molecule has 0 aliphatic rings. The highest BCUT2D eigenvalue weighted by atomic mass is 15.0. The predicted molar refractivity (Wildman–Crippen MR) is 74.4 cm³/mol. The number of rotatable bonds is 2. The number of nitrogens with one attached hydrogen (secondary N) is 1. The van der Waals surface area contributed by atoms with Gasteiger partial charge in [0.05, 0.1) is 17.1 Å². The molecule has 18 heavy (non-hydrogen) atoms. The summed E-state index contributed by atoms with van der Waals surface area (Å²) in [5.74, 6) is 0.764. The molecule has 0 atom stereocenters. The van der Waals surface area contributed by atoms with Gasteiger partial charge in [0, 0.05) is 11.9 Å². The summed E-state index contributed by atoms with van der Waals surface area (Å²) in [4.78, 5) is 4.52. The molecular formula is C15H17N3. The second-order valence-corrected chi connectivity index (χ2v) is 5.60. The largest absolute Gasteiger partial charge is 0.369 e. The number of benzene rings is 1. The van der Waals surface area contributed by atoms with Crippen LogP contribution in [-0.4, -0.2) is 11.5 Å². The van der Waals surface area contributed by atoms with Crippen LogP contribution in [0.25, 0.3) is 10.9 Å². The third-order valence-electron chi connectivity index (χ3n) is 2.64. The summed E-state index contributed by atoms with van der Waals surface area (Å²) in [5.41, 5.74) is 1.70. The molecule has 2 rings (SSSR count). The van der Waals surface area contributed by atoms with Crippen molar-refractivity contribution in [3.63, 3.8) is 0 Å². The van der Waals surface area contributed by atoms with Crippen LogP contribution in [0.1, 0.15) is 26.3 Å². The van der Waals surface area contributed by atoms with Crippen molar-refractivity contribution < 1.29 is 0 Å². The van der Waals surface area contributed by atoms with Gasteiger partial charge in [-0.15, -0.1) is 0 Å². The van der Waals surface area contributed by atoms with Gasteiger partial charge in [-0.2, -0.15) is 5.26 Å². The second kappa shape index (κ2) is 4.66. The lowest BCUT2D eigenvalue weighted by atomic mass is 9.97. The first-order chi connectivity index (χ1) is 8.49. The van der Waals surface area contributed by atoms with Crippen molar-refractivity contribution in [2.24, 2.45) is 5.41 Å². The van der Waals surface area contributed by atoms with Crippen LogP contribution in [0.5, 0.6) is 0 Å². The van der Waals surface area contributed by atoms with Crippen LogP contribution in [-0.2, 0) is 0 Å².